The highest BCUT2D eigenvalue weighted by Crippen LogP contribution is 2.50. The van der Waals surface area contributed by atoms with E-state index < -0.39 is 23.1 Å². The first-order valence-corrected chi connectivity index (χ1v) is 13.4. The SMILES string of the molecule is CO[C@](C(=O)N1CCC2(CC1)CC(=O)NC[C@H]2c1ccc(F)cc1)(c1cccc(-c2nccs2)c1)C(F)(F)F. The largest absolute Gasteiger partial charge is 0.430 e. The summed E-state index contributed by atoms with van der Waals surface area (Å²) in [6.07, 6.45) is -2.66. The molecule has 2 atom stereocenters. The molecule has 0 bridgehead atoms. The van der Waals surface area contributed by atoms with Gasteiger partial charge < -0.3 is 15.0 Å². The number of nitrogens with zero attached hydrogens (tertiary/aromatic N) is 2. The van der Waals surface area contributed by atoms with Crippen molar-refractivity contribution in [2.75, 3.05) is 26.7 Å². The number of piperidine rings is 2. The van der Waals surface area contributed by atoms with Gasteiger partial charge in [0.05, 0.1) is 0 Å². The predicted octanol–water partition coefficient (Wildman–Crippen LogP) is 5.27. The van der Waals surface area contributed by atoms with Gasteiger partial charge in [-0.15, -0.1) is 11.3 Å². The van der Waals surface area contributed by atoms with Crippen LogP contribution in [-0.2, 0) is 19.9 Å². The van der Waals surface area contributed by atoms with E-state index in [0.717, 1.165) is 12.7 Å². The molecule has 0 unspecified atom stereocenters. The van der Waals surface area contributed by atoms with Crippen molar-refractivity contribution >= 4 is 23.2 Å². The lowest BCUT2D eigenvalue weighted by atomic mass is 9.62. The molecular formula is C28H27F4N3O3S. The highest BCUT2D eigenvalue weighted by atomic mass is 32.1. The Morgan fingerprint density at radius 1 is 1.15 bits per heavy atom. The third kappa shape index (κ3) is 4.82. The van der Waals surface area contributed by atoms with E-state index in [1.807, 2.05) is 0 Å². The van der Waals surface area contributed by atoms with Crippen LogP contribution in [0.4, 0.5) is 17.6 Å². The number of carbonyl (C=O) groups excluding carboxylic acids is 2. The van der Waals surface area contributed by atoms with Crippen molar-refractivity contribution < 1.29 is 31.9 Å². The molecule has 1 spiro atoms. The normalized spacial score (nSPS) is 20.9. The van der Waals surface area contributed by atoms with Crippen LogP contribution in [0.2, 0.25) is 0 Å². The maximum Gasteiger partial charge on any atom is 0.430 e. The fraction of sp³-hybridized carbons (Fsp3) is 0.393. The van der Waals surface area contributed by atoms with Crippen LogP contribution in [0.3, 0.4) is 0 Å². The number of benzene rings is 2. The minimum atomic E-state index is -5.04. The van der Waals surface area contributed by atoms with Gasteiger partial charge in [-0.2, -0.15) is 13.2 Å². The summed E-state index contributed by atoms with van der Waals surface area (Å²) in [6, 6.07) is 11.7. The van der Waals surface area contributed by atoms with Gasteiger partial charge in [0.1, 0.15) is 10.8 Å². The van der Waals surface area contributed by atoms with Gasteiger partial charge in [-0.1, -0.05) is 30.3 Å². The number of likely N-dealkylation sites (tertiary alicyclic amines) is 1. The highest BCUT2D eigenvalue weighted by Gasteiger charge is 2.64. The zero-order chi connectivity index (χ0) is 27.8. The van der Waals surface area contributed by atoms with Gasteiger partial charge in [-0.05, 0) is 42.0 Å². The Hall–Kier alpha value is -3.31. The van der Waals surface area contributed by atoms with Gasteiger partial charge in [-0.25, -0.2) is 9.37 Å². The number of rotatable bonds is 5. The molecule has 39 heavy (non-hydrogen) atoms. The summed E-state index contributed by atoms with van der Waals surface area (Å²) in [7, 11) is 0.892. The number of amides is 2. The van der Waals surface area contributed by atoms with Crippen LogP contribution in [0.5, 0.6) is 0 Å². The van der Waals surface area contributed by atoms with Crippen molar-refractivity contribution in [1.82, 2.24) is 15.2 Å². The first-order valence-electron chi connectivity index (χ1n) is 12.5. The Morgan fingerprint density at radius 2 is 1.87 bits per heavy atom. The van der Waals surface area contributed by atoms with E-state index in [1.54, 1.807) is 29.8 Å². The second-order valence-electron chi connectivity index (χ2n) is 10.0. The van der Waals surface area contributed by atoms with Crippen LogP contribution in [0, 0.1) is 11.2 Å². The van der Waals surface area contributed by atoms with Gasteiger partial charge in [0.25, 0.3) is 11.5 Å². The Balaban J connectivity index is 1.45. The molecule has 2 saturated heterocycles. The van der Waals surface area contributed by atoms with Crippen molar-refractivity contribution in [2.45, 2.75) is 37.0 Å². The van der Waals surface area contributed by atoms with Crippen LogP contribution >= 0.6 is 11.3 Å². The molecule has 3 aromatic rings. The summed E-state index contributed by atoms with van der Waals surface area (Å²) in [6.45, 7) is 0.390. The molecule has 2 aliphatic heterocycles. The second-order valence-corrected chi connectivity index (χ2v) is 10.9. The zero-order valence-electron chi connectivity index (χ0n) is 21.1. The number of carbonyl (C=O) groups is 2. The summed E-state index contributed by atoms with van der Waals surface area (Å²) in [5, 5.41) is 5.10. The summed E-state index contributed by atoms with van der Waals surface area (Å²) >= 11 is 1.28. The maximum atomic E-state index is 14.8. The van der Waals surface area contributed by atoms with Crippen molar-refractivity contribution in [3.05, 3.63) is 77.1 Å². The Labute approximate surface area is 227 Å². The van der Waals surface area contributed by atoms with E-state index in [4.69, 9.17) is 4.74 Å². The van der Waals surface area contributed by atoms with Gasteiger partial charge in [0.2, 0.25) is 5.91 Å². The fourth-order valence-corrected chi connectivity index (χ4v) is 6.61. The minimum absolute atomic E-state index is 0.0250. The lowest BCUT2D eigenvalue weighted by Crippen LogP contribution is -2.60. The van der Waals surface area contributed by atoms with Crippen molar-refractivity contribution in [2.24, 2.45) is 5.41 Å². The lowest BCUT2D eigenvalue weighted by Gasteiger charge is -2.50. The fourth-order valence-electron chi connectivity index (χ4n) is 5.97. The number of nitrogens with one attached hydrogen (secondary N) is 1. The van der Waals surface area contributed by atoms with E-state index in [0.29, 0.717) is 30.0 Å². The Kier molecular flexibility index (Phi) is 7.23. The number of aromatic nitrogens is 1. The van der Waals surface area contributed by atoms with Crippen LogP contribution in [0.1, 0.15) is 36.3 Å². The molecular weight excluding hydrogens is 534 g/mol. The molecule has 5 rings (SSSR count). The van der Waals surface area contributed by atoms with Crippen molar-refractivity contribution in [1.29, 1.82) is 0 Å². The summed E-state index contributed by atoms with van der Waals surface area (Å²) < 4.78 is 63.0. The van der Waals surface area contributed by atoms with Crippen molar-refractivity contribution in [3.8, 4) is 10.6 Å². The molecule has 1 aromatic heterocycles. The second kappa shape index (κ2) is 10.3. The third-order valence-corrected chi connectivity index (χ3v) is 8.85. The van der Waals surface area contributed by atoms with Crippen LogP contribution in [0.25, 0.3) is 10.6 Å². The zero-order valence-corrected chi connectivity index (χ0v) is 21.9. The van der Waals surface area contributed by atoms with Gasteiger partial charge >= 0.3 is 6.18 Å². The van der Waals surface area contributed by atoms with Gasteiger partial charge in [0, 0.05) is 61.8 Å². The van der Waals surface area contributed by atoms with Crippen LogP contribution in [0.15, 0.2) is 60.1 Å². The number of methoxy groups -OCH3 is 1. The van der Waals surface area contributed by atoms with E-state index in [-0.39, 0.29) is 42.7 Å². The Bertz CT molecular complexity index is 1340. The first-order chi connectivity index (χ1) is 18.6. The molecule has 1 N–H and O–H groups in total. The van der Waals surface area contributed by atoms with Crippen LogP contribution in [-0.4, -0.2) is 54.6 Å². The number of halogens is 4. The summed E-state index contributed by atoms with van der Waals surface area (Å²) in [4.78, 5) is 31.5. The maximum absolute atomic E-state index is 14.8. The van der Waals surface area contributed by atoms with E-state index >= 15 is 0 Å². The van der Waals surface area contributed by atoms with Gasteiger partial charge in [0.15, 0.2) is 0 Å². The standard InChI is InChI=1S/C28H27F4N3O3S/c1-38-27(28(30,31)32,20-4-2-3-19(15-20)24-33-11-14-39-24)25(37)35-12-9-26(10-13-35)16-23(36)34-17-22(26)18-5-7-21(29)8-6-18/h2-8,11,14-15,22H,9-10,12-13,16-17H2,1H3,(H,34,36)/t22-,27-/m0/s1. The molecule has 2 aliphatic rings. The molecule has 2 aromatic carbocycles. The van der Waals surface area contributed by atoms with E-state index in [9.17, 15) is 27.2 Å². The smallest absolute Gasteiger partial charge is 0.356 e. The molecule has 2 fully saturated rings. The third-order valence-electron chi connectivity index (χ3n) is 8.03. The summed E-state index contributed by atoms with van der Waals surface area (Å²) in [5.41, 5.74) is -2.79. The minimum Gasteiger partial charge on any atom is -0.356 e. The molecule has 0 saturated carbocycles. The molecule has 6 nitrogen and oxygen atoms in total. The molecule has 3 heterocycles. The van der Waals surface area contributed by atoms with E-state index in [1.165, 1.54) is 46.6 Å². The molecule has 2 amide bonds. The molecule has 11 heteroatoms. The topological polar surface area (TPSA) is 71.5 Å². The number of hydrogen-bond acceptors (Lipinski definition) is 5. The first kappa shape index (κ1) is 27.3. The van der Waals surface area contributed by atoms with Crippen molar-refractivity contribution in [3.63, 3.8) is 0 Å². The average Bonchev–Trinajstić information content (AvgIpc) is 3.45. The quantitative estimate of drug-likeness (QED) is 0.431. The lowest BCUT2D eigenvalue weighted by molar-refractivity contribution is -0.271. The number of alkyl halides is 3. The van der Waals surface area contributed by atoms with Crippen LogP contribution < -0.4 is 5.32 Å². The highest BCUT2D eigenvalue weighted by molar-refractivity contribution is 7.13. The van der Waals surface area contributed by atoms with E-state index in [2.05, 4.69) is 10.3 Å². The number of thiazole rings is 1. The molecule has 0 radical (unpaired) electrons. The Morgan fingerprint density at radius 3 is 2.49 bits per heavy atom. The molecule has 0 aliphatic carbocycles. The van der Waals surface area contributed by atoms with Gasteiger partial charge in [-0.3, -0.25) is 9.59 Å². The predicted molar refractivity (Wildman–Crippen MR) is 137 cm³/mol. The summed E-state index contributed by atoms with van der Waals surface area (Å²) in [5.74, 6) is -1.87. The number of ether oxygens (including phenoxy) is 1. The average molecular weight is 562 g/mol. The monoisotopic (exact) mass is 561 g/mol. The number of hydrogen-bond donors (Lipinski definition) is 1. The molecule has 206 valence electrons.